The van der Waals surface area contributed by atoms with E-state index in [2.05, 4.69) is 24.5 Å². The van der Waals surface area contributed by atoms with Gasteiger partial charge in [0.2, 0.25) is 11.8 Å². The van der Waals surface area contributed by atoms with Crippen LogP contribution >= 0.6 is 12.4 Å². The van der Waals surface area contributed by atoms with Crippen molar-refractivity contribution in [1.29, 1.82) is 0 Å². The predicted octanol–water partition coefficient (Wildman–Crippen LogP) is 3.45. The van der Waals surface area contributed by atoms with E-state index in [0.29, 0.717) is 56.3 Å². The molecule has 0 bridgehead atoms. The second-order valence-electron chi connectivity index (χ2n) is 9.91. The SMILES string of the molecule is CC(C)CCC(=O)N[C@@H](Cc1cc(F)cc(F)c1)[C@@H](O)[C@H]1CN(C(=O)CCC(C)C)CCN1.Cl. The first-order valence-electron chi connectivity index (χ1n) is 12.0. The van der Waals surface area contributed by atoms with Crippen molar-refractivity contribution in [3.8, 4) is 0 Å². The Morgan fingerprint density at radius 3 is 2.26 bits per heavy atom. The fourth-order valence-corrected chi connectivity index (χ4v) is 4.02. The number of hydrogen-bond acceptors (Lipinski definition) is 4. The van der Waals surface area contributed by atoms with Crippen LogP contribution in [0.2, 0.25) is 0 Å². The van der Waals surface area contributed by atoms with Crippen LogP contribution in [0.5, 0.6) is 0 Å². The summed E-state index contributed by atoms with van der Waals surface area (Å²) in [5, 5.41) is 17.3. The van der Waals surface area contributed by atoms with Gasteiger partial charge in [0.25, 0.3) is 0 Å². The standard InChI is InChI=1S/C25H39F2N3O3.ClH/c1-16(2)5-7-23(31)29-21(13-18-11-19(26)14-20(27)12-18)25(33)22-15-30(10-9-28-22)24(32)8-6-17(3)4;/h11-12,14,16-17,21-22,25,28,33H,5-10,13,15H2,1-4H3,(H,29,31);1H/t21-,22+,25+;/m0./s1. The lowest BCUT2D eigenvalue weighted by atomic mass is 9.94. The molecule has 1 aliphatic heterocycles. The van der Waals surface area contributed by atoms with Crippen molar-refractivity contribution >= 4 is 24.2 Å². The number of nitrogens with zero attached hydrogens (tertiary/aromatic N) is 1. The number of carbonyl (C=O) groups is 2. The van der Waals surface area contributed by atoms with Gasteiger partial charge in [0.15, 0.2) is 0 Å². The van der Waals surface area contributed by atoms with Gasteiger partial charge in [-0.2, -0.15) is 0 Å². The normalized spacial score (nSPS) is 17.9. The summed E-state index contributed by atoms with van der Waals surface area (Å²) in [6, 6.07) is 1.99. The zero-order valence-corrected chi connectivity index (χ0v) is 21.5. The first kappa shape index (κ1) is 30.3. The minimum Gasteiger partial charge on any atom is -0.389 e. The predicted molar refractivity (Wildman–Crippen MR) is 132 cm³/mol. The second kappa shape index (κ2) is 14.6. The number of carbonyl (C=O) groups excluding carboxylic acids is 2. The number of aliphatic hydroxyl groups is 1. The summed E-state index contributed by atoms with van der Waals surface area (Å²) in [4.78, 5) is 26.9. The Bertz CT molecular complexity index is 774. The van der Waals surface area contributed by atoms with E-state index in [9.17, 15) is 23.5 Å². The highest BCUT2D eigenvalue weighted by molar-refractivity contribution is 5.85. The summed E-state index contributed by atoms with van der Waals surface area (Å²) in [7, 11) is 0. The van der Waals surface area contributed by atoms with Crippen molar-refractivity contribution in [3.63, 3.8) is 0 Å². The van der Waals surface area contributed by atoms with E-state index in [-0.39, 0.29) is 30.6 Å². The number of nitrogens with one attached hydrogen (secondary N) is 2. The highest BCUT2D eigenvalue weighted by Gasteiger charge is 2.33. The highest BCUT2D eigenvalue weighted by Crippen LogP contribution is 2.16. The van der Waals surface area contributed by atoms with Gasteiger partial charge in [-0.05, 0) is 48.8 Å². The maximum atomic E-state index is 13.7. The smallest absolute Gasteiger partial charge is 0.222 e. The zero-order valence-electron chi connectivity index (χ0n) is 20.7. The average molecular weight is 504 g/mol. The molecule has 6 nitrogen and oxygen atoms in total. The molecule has 1 aromatic rings. The Labute approximate surface area is 208 Å². The number of halogens is 3. The molecule has 0 radical (unpaired) electrons. The fourth-order valence-electron chi connectivity index (χ4n) is 4.02. The number of hydrogen-bond donors (Lipinski definition) is 3. The van der Waals surface area contributed by atoms with Crippen LogP contribution in [0.25, 0.3) is 0 Å². The summed E-state index contributed by atoms with van der Waals surface area (Å²) in [6.07, 6.45) is 1.29. The monoisotopic (exact) mass is 503 g/mol. The van der Waals surface area contributed by atoms with Crippen LogP contribution in [0.4, 0.5) is 8.78 Å². The van der Waals surface area contributed by atoms with Crippen molar-refractivity contribution < 1.29 is 23.5 Å². The van der Waals surface area contributed by atoms with E-state index in [0.717, 1.165) is 12.5 Å². The average Bonchev–Trinajstić information content (AvgIpc) is 2.74. The topological polar surface area (TPSA) is 81.7 Å². The van der Waals surface area contributed by atoms with Gasteiger partial charge in [-0.15, -0.1) is 12.4 Å². The highest BCUT2D eigenvalue weighted by atomic mass is 35.5. The molecule has 0 spiro atoms. The van der Waals surface area contributed by atoms with Crippen molar-refractivity contribution in [2.75, 3.05) is 19.6 Å². The van der Waals surface area contributed by atoms with Crippen molar-refractivity contribution in [2.24, 2.45) is 11.8 Å². The van der Waals surface area contributed by atoms with Gasteiger partial charge in [-0.3, -0.25) is 9.59 Å². The van der Waals surface area contributed by atoms with Gasteiger partial charge in [-0.25, -0.2) is 8.78 Å². The van der Waals surface area contributed by atoms with Crippen LogP contribution in [0.15, 0.2) is 18.2 Å². The fraction of sp³-hybridized carbons (Fsp3) is 0.680. The molecular formula is C25H40ClF2N3O3. The molecule has 3 atom stereocenters. The molecule has 0 unspecified atom stereocenters. The molecule has 2 amide bonds. The van der Waals surface area contributed by atoms with E-state index >= 15 is 0 Å². The van der Waals surface area contributed by atoms with Gasteiger partial charge in [0.05, 0.1) is 18.2 Å². The third-order valence-corrected chi connectivity index (χ3v) is 5.99. The molecule has 34 heavy (non-hydrogen) atoms. The largest absolute Gasteiger partial charge is 0.389 e. The lowest BCUT2D eigenvalue weighted by Gasteiger charge is -2.39. The summed E-state index contributed by atoms with van der Waals surface area (Å²) in [6.45, 7) is 9.57. The molecule has 1 heterocycles. The van der Waals surface area contributed by atoms with E-state index < -0.39 is 29.8 Å². The lowest BCUT2D eigenvalue weighted by molar-refractivity contribution is -0.133. The molecule has 0 aromatic heterocycles. The van der Waals surface area contributed by atoms with Crippen LogP contribution in [0, 0.1) is 23.5 Å². The summed E-state index contributed by atoms with van der Waals surface area (Å²) in [5.74, 6) is -0.807. The molecule has 1 aromatic carbocycles. The molecule has 9 heteroatoms. The number of rotatable bonds is 11. The van der Waals surface area contributed by atoms with Gasteiger partial charge in [0.1, 0.15) is 11.6 Å². The van der Waals surface area contributed by atoms with E-state index in [1.165, 1.54) is 12.1 Å². The van der Waals surface area contributed by atoms with Gasteiger partial charge >= 0.3 is 0 Å². The Morgan fingerprint density at radius 2 is 1.68 bits per heavy atom. The van der Waals surface area contributed by atoms with E-state index in [1.807, 2.05) is 13.8 Å². The molecule has 1 fully saturated rings. The first-order valence-corrected chi connectivity index (χ1v) is 12.0. The molecular weight excluding hydrogens is 464 g/mol. The molecule has 1 saturated heterocycles. The van der Waals surface area contributed by atoms with Crippen molar-refractivity contribution in [2.45, 2.75) is 78.0 Å². The Hall–Kier alpha value is -1.77. The van der Waals surface area contributed by atoms with Crippen LogP contribution < -0.4 is 10.6 Å². The maximum Gasteiger partial charge on any atom is 0.222 e. The van der Waals surface area contributed by atoms with E-state index in [4.69, 9.17) is 0 Å². The lowest BCUT2D eigenvalue weighted by Crippen LogP contribution is -2.62. The molecule has 3 N–H and O–H groups in total. The van der Waals surface area contributed by atoms with Gasteiger partial charge in [-0.1, -0.05) is 27.7 Å². The van der Waals surface area contributed by atoms with Crippen LogP contribution in [-0.2, 0) is 16.0 Å². The second-order valence-corrected chi connectivity index (χ2v) is 9.91. The van der Waals surface area contributed by atoms with Gasteiger partial charge < -0.3 is 20.6 Å². The Kier molecular flexibility index (Phi) is 13.0. The van der Waals surface area contributed by atoms with Crippen LogP contribution in [0.3, 0.4) is 0 Å². The molecule has 0 saturated carbocycles. The molecule has 2 rings (SSSR count). The quantitative estimate of drug-likeness (QED) is 0.432. The third kappa shape index (κ3) is 10.2. The Morgan fingerprint density at radius 1 is 1.09 bits per heavy atom. The minimum atomic E-state index is -1.04. The maximum absolute atomic E-state index is 13.7. The summed E-state index contributed by atoms with van der Waals surface area (Å²) < 4.78 is 27.5. The van der Waals surface area contributed by atoms with Crippen LogP contribution in [0.1, 0.15) is 58.9 Å². The molecule has 0 aliphatic carbocycles. The summed E-state index contributed by atoms with van der Waals surface area (Å²) in [5.41, 5.74) is 0.349. The number of piperazine rings is 1. The number of benzene rings is 1. The summed E-state index contributed by atoms with van der Waals surface area (Å²) >= 11 is 0. The molecule has 1 aliphatic rings. The number of aliphatic hydroxyl groups excluding tert-OH is 1. The van der Waals surface area contributed by atoms with Crippen molar-refractivity contribution in [3.05, 3.63) is 35.4 Å². The third-order valence-electron chi connectivity index (χ3n) is 5.99. The molecule has 194 valence electrons. The van der Waals surface area contributed by atoms with Crippen molar-refractivity contribution in [1.82, 2.24) is 15.5 Å². The first-order chi connectivity index (χ1) is 15.5. The van der Waals surface area contributed by atoms with Gasteiger partial charge in [0, 0.05) is 38.5 Å². The zero-order chi connectivity index (χ0) is 24.5. The number of amides is 2. The van der Waals surface area contributed by atoms with E-state index in [1.54, 1.807) is 4.90 Å². The Balaban J connectivity index is 0.00000578. The van der Waals surface area contributed by atoms with Crippen LogP contribution in [-0.4, -0.2) is 59.6 Å². The minimum absolute atomic E-state index is 0.